The molecule has 0 heterocycles. The van der Waals surface area contributed by atoms with Crippen LogP contribution in [0.25, 0.3) is 5.57 Å². The Bertz CT molecular complexity index is 502. The number of hydrogen-bond donors (Lipinski definition) is 0. The van der Waals surface area contributed by atoms with E-state index in [-0.39, 0.29) is 0 Å². The zero-order chi connectivity index (χ0) is 12.1. The Labute approximate surface area is 103 Å². The van der Waals surface area contributed by atoms with Crippen molar-refractivity contribution in [2.75, 3.05) is 7.05 Å². The molecule has 0 aliphatic heterocycles. The van der Waals surface area contributed by atoms with Gasteiger partial charge in [-0.25, -0.2) is 0 Å². The van der Waals surface area contributed by atoms with Crippen LogP contribution >= 0.6 is 0 Å². The number of aliphatic imine (C=N–C) groups is 1. The first kappa shape index (κ1) is 11.6. The van der Waals surface area contributed by atoms with E-state index < -0.39 is 0 Å². The van der Waals surface area contributed by atoms with E-state index >= 15 is 0 Å². The molecule has 1 aliphatic rings. The highest BCUT2D eigenvalue weighted by atomic mass is 14.7. The highest BCUT2D eigenvalue weighted by Crippen LogP contribution is 2.27. The van der Waals surface area contributed by atoms with E-state index in [9.17, 15) is 0 Å². The first-order valence-electron chi connectivity index (χ1n) is 5.98. The van der Waals surface area contributed by atoms with Crippen LogP contribution in [0.2, 0.25) is 0 Å². The quantitative estimate of drug-likeness (QED) is 0.717. The summed E-state index contributed by atoms with van der Waals surface area (Å²) >= 11 is 0. The van der Waals surface area contributed by atoms with Gasteiger partial charge in [-0.3, -0.25) is 4.99 Å². The van der Waals surface area contributed by atoms with Gasteiger partial charge in [-0.1, -0.05) is 55.5 Å². The van der Waals surface area contributed by atoms with Crippen LogP contribution in [-0.4, -0.2) is 12.8 Å². The van der Waals surface area contributed by atoms with Gasteiger partial charge in [0.05, 0.1) is 5.71 Å². The molecule has 0 saturated carbocycles. The lowest BCUT2D eigenvalue weighted by Gasteiger charge is -2.15. The lowest BCUT2D eigenvalue weighted by Crippen LogP contribution is -2.05. The van der Waals surface area contributed by atoms with Crippen molar-refractivity contribution < 1.29 is 0 Å². The van der Waals surface area contributed by atoms with Gasteiger partial charge in [0.2, 0.25) is 0 Å². The van der Waals surface area contributed by atoms with Gasteiger partial charge in [-0.05, 0) is 23.6 Å². The zero-order valence-corrected chi connectivity index (χ0v) is 10.4. The number of allylic oxidation sites excluding steroid dienone is 6. The van der Waals surface area contributed by atoms with Gasteiger partial charge in [0.1, 0.15) is 0 Å². The third kappa shape index (κ3) is 2.44. The third-order valence-corrected chi connectivity index (χ3v) is 2.82. The van der Waals surface area contributed by atoms with Crippen LogP contribution in [0.15, 0.2) is 65.2 Å². The van der Waals surface area contributed by atoms with Gasteiger partial charge in [0.25, 0.3) is 0 Å². The van der Waals surface area contributed by atoms with E-state index in [1.165, 1.54) is 16.7 Å². The molecule has 0 fully saturated rings. The van der Waals surface area contributed by atoms with Crippen molar-refractivity contribution in [3.05, 3.63) is 65.8 Å². The Morgan fingerprint density at radius 2 is 1.94 bits per heavy atom. The molecule has 0 spiro atoms. The highest BCUT2D eigenvalue weighted by Gasteiger charge is 2.13. The number of rotatable bonds is 2. The van der Waals surface area contributed by atoms with E-state index in [0.29, 0.717) is 0 Å². The van der Waals surface area contributed by atoms with Crippen LogP contribution < -0.4 is 0 Å². The van der Waals surface area contributed by atoms with Crippen molar-refractivity contribution >= 4 is 11.3 Å². The molecule has 0 radical (unpaired) electrons. The van der Waals surface area contributed by atoms with Crippen LogP contribution in [0.3, 0.4) is 0 Å². The summed E-state index contributed by atoms with van der Waals surface area (Å²) in [5.74, 6) is 0. The summed E-state index contributed by atoms with van der Waals surface area (Å²) in [5, 5.41) is 0. The summed E-state index contributed by atoms with van der Waals surface area (Å²) in [6.07, 6.45) is 9.55. The van der Waals surface area contributed by atoms with Crippen molar-refractivity contribution in [1.29, 1.82) is 0 Å². The molecule has 0 unspecified atom stereocenters. The molecule has 0 amide bonds. The fourth-order valence-electron chi connectivity index (χ4n) is 2.04. The van der Waals surface area contributed by atoms with Gasteiger partial charge in [-0.2, -0.15) is 0 Å². The smallest absolute Gasteiger partial charge is 0.0646 e. The molecule has 0 aromatic heterocycles. The molecule has 1 aromatic rings. The zero-order valence-electron chi connectivity index (χ0n) is 10.4. The van der Waals surface area contributed by atoms with Gasteiger partial charge < -0.3 is 0 Å². The molecular weight excluding hydrogens is 206 g/mol. The molecule has 0 atom stereocenters. The maximum atomic E-state index is 4.34. The third-order valence-electron chi connectivity index (χ3n) is 2.82. The van der Waals surface area contributed by atoms with Crippen molar-refractivity contribution in [2.24, 2.45) is 4.99 Å². The number of hydrogen-bond acceptors (Lipinski definition) is 1. The average molecular weight is 223 g/mol. The molecule has 1 aromatic carbocycles. The standard InChI is InChI=1S/C16H17N/c1-3-8-15-14(11-7-12-16(15)17-2)13-9-5-4-6-10-13/h4-12H,3H2,1-2H3/b15-8-,17-16?. The van der Waals surface area contributed by atoms with Gasteiger partial charge in [0.15, 0.2) is 0 Å². The summed E-state index contributed by atoms with van der Waals surface area (Å²) in [5.41, 5.74) is 4.81. The van der Waals surface area contributed by atoms with Gasteiger partial charge in [-0.15, -0.1) is 0 Å². The van der Waals surface area contributed by atoms with Gasteiger partial charge >= 0.3 is 0 Å². The van der Waals surface area contributed by atoms with Gasteiger partial charge in [0, 0.05) is 12.6 Å². The fourth-order valence-corrected chi connectivity index (χ4v) is 2.04. The maximum absolute atomic E-state index is 4.34. The second-order valence-corrected chi connectivity index (χ2v) is 3.94. The molecule has 0 bridgehead atoms. The molecule has 0 N–H and O–H groups in total. The lowest BCUT2D eigenvalue weighted by molar-refractivity contribution is 1.21. The van der Waals surface area contributed by atoms with Crippen molar-refractivity contribution in [2.45, 2.75) is 13.3 Å². The van der Waals surface area contributed by atoms with Crippen molar-refractivity contribution in [1.82, 2.24) is 0 Å². The monoisotopic (exact) mass is 223 g/mol. The number of benzene rings is 1. The minimum absolute atomic E-state index is 1.02. The molecule has 0 saturated heterocycles. The molecule has 86 valence electrons. The molecular formula is C16H17N. The van der Waals surface area contributed by atoms with Crippen LogP contribution in [0.4, 0.5) is 0 Å². The summed E-state index contributed by atoms with van der Waals surface area (Å²) in [4.78, 5) is 4.34. The fraction of sp³-hybridized carbons (Fsp3) is 0.188. The summed E-state index contributed by atoms with van der Waals surface area (Å²) in [7, 11) is 1.84. The summed E-state index contributed by atoms with van der Waals surface area (Å²) < 4.78 is 0. The lowest BCUT2D eigenvalue weighted by atomic mass is 9.90. The van der Waals surface area contributed by atoms with Crippen molar-refractivity contribution in [3.63, 3.8) is 0 Å². The number of nitrogens with zero attached hydrogens (tertiary/aromatic N) is 1. The van der Waals surface area contributed by atoms with Crippen molar-refractivity contribution in [3.8, 4) is 0 Å². The minimum atomic E-state index is 1.02. The van der Waals surface area contributed by atoms with E-state index in [0.717, 1.165) is 12.1 Å². The summed E-state index contributed by atoms with van der Waals surface area (Å²) in [6.45, 7) is 2.15. The molecule has 17 heavy (non-hydrogen) atoms. The Kier molecular flexibility index (Phi) is 3.71. The normalized spacial score (nSPS) is 19.8. The topological polar surface area (TPSA) is 12.4 Å². The predicted octanol–water partition coefficient (Wildman–Crippen LogP) is 4.05. The Balaban J connectivity index is 2.49. The Hall–Kier alpha value is -1.89. The largest absolute Gasteiger partial charge is 0.288 e. The maximum Gasteiger partial charge on any atom is 0.0646 e. The van der Waals surface area contributed by atoms with E-state index in [2.05, 4.69) is 60.5 Å². The van der Waals surface area contributed by atoms with E-state index in [1.807, 2.05) is 13.1 Å². The van der Waals surface area contributed by atoms with Crippen LogP contribution in [0.1, 0.15) is 18.9 Å². The Morgan fingerprint density at radius 1 is 1.18 bits per heavy atom. The first-order valence-corrected chi connectivity index (χ1v) is 5.98. The molecule has 1 aliphatic carbocycles. The molecule has 2 rings (SSSR count). The predicted molar refractivity (Wildman–Crippen MR) is 75.3 cm³/mol. The first-order chi connectivity index (χ1) is 8.36. The second kappa shape index (κ2) is 5.44. The van der Waals surface area contributed by atoms with E-state index in [1.54, 1.807) is 0 Å². The van der Waals surface area contributed by atoms with E-state index in [4.69, 9.17) is 0 Å². The SMILES string of the molecule is CC/C=C1/C(c2ccccc2)=CC=CC1=NC. The van der Waals surface area contributed by atoms with Crippen LogP contribution in [0.5, 0.6) is 0 Å². The highest BCUT2D eigenvalue weighted by molar-refractivity contribution is 6.20. The molecule has 1 nitrogen and oxygen atoms in total. The Morgan fingerprint density at radius 3 is 2.59 bits per heavy atom. The minimum Gasteiger partial charge on any atom is -0.288 e. The van der Waals surface area contributed by atoms with Crippen LogP contribution in [0, 0.1) is 0 Å². The second-order valence-electron chi connectivity index (χ2n) is 3.94. The average Bonchev–Trinajstić information content (AvgIpc) is 2.40. The summed E-state index contributed by atoms with van der Waals surface area (Å²) in [6, 6.07) is 10.5. The molecule has 1 heteroatoms. The van der Waals surface area contributed by atoms with Crippen LogP contribution in [-0.2, 0) is 0 Å².